The van der Waals surface area contributed by atoms with E-state index in [4.69, 9.17) is 14.2 Å². The number of carbonyl (C=O) groups is 4. The highest BCUT2D eigenvalue weighted by molar-refractivity contribution is 6.28. The first-order chi connectivity index (χ1) is 20.9. The molecule has 2 N–H and O–H groups in total. The van der Waals surface area contributed by atoms with Crippen molar-refractivity contribution in [2.45, 2.75) is 13.8 Å². The van der Waals surface area contributed by atoms with E-state index in [0.717, 1.165) is 0 Å². The van der Waals surface area contributed by atoms with E-state index < -0.39 is 23.8 Å². The number of rotatable bonds is 11. The smallest absolute Gasteiger partial charge is 0.338 e. The molecule has 0 aliphatic rings. The zero-order chi connectivity index (χ0) is 30.6. The van der Waals surface area contributed by atoms with Crippen LogP contribution >= 0.6 is 0 Å². The predicted molar refractivity (Wildman–Crippen MR) is 163 cm³/mol. The number of amides is 2. The quantitative estimate of drug-likeness (QED) is 0.0903. The Kier molecular flexibility index (Phi) is 10.4. The van der Waals surface area contributed by atoms with Crippen molar-refractivity contribution in [3.8, 4) is 11.5 Å². The van der Waals surface area contributed by atoms with Crippen LogP contribution in [0.4, 0.5) is 11.4 Å². The number of hydrogen-bond donors (Lipinski definition) is 2. The molecule has 9 heteroatoms. The number of benzene rings is 4. The van der Waals surface area contributed by atoms with Gasteiger partial charge in [0.2, 0.25) is 0 Å². The van der Waals surface area contributed by atoms with Gasteiger partial charge in [-0.3, -0.25) is 9.59 Å². The van der Waals surface area contributed by atoms with Gasteiger partial charge >= 0.3 is 11.9 Å². The van der Waals surface area contributed by atoms with Crippen LogP contribution < -0.4 is 15.4 Å². The summed E-state index contributed by atoms with van der Waals surface area (Å²) < 4.78 is 15.9. The first-order valence-corrected chi connectivity index (χ1v) is 13.6. The molecule has 0 saturated carbocycles. The van der Waals surface area contributed by atoms with Crippen LogP contribution in [0.15, 0.2) is 109 Å². The van der Waals surface area contributed by atoms with Crippen LogP contribution in [0.3, 0.4) is 0 Å². The van der Waals surface area contributed by atoms with Gasteiger partial charge in [0.15, 0.2) is 0 Å². The number of hydrogen-bond acceptors (Lipinski definition) is 7. The minimum Gasteiger partial charge on any atom is -0.462 e. The van der Waals surface area contributed by atoms with Gasteiger partial charge in [-0.15, -0.1) is 0 Å². The average molecular weight is 579 g/mol. The standard InChI is InChI=1S/C34H30N2O7/c1-3-41-33(39)24-13-17-26(18-14-24)35-31(37)30(32(38)36-27-19-15-25(16-20-27)34(40)42-4-2)22-23-9-8-12-29(21-23)43-28-10-6-5-7-11-28/h5-22H,3-4H2,1-2H3,(H,35,37)(H,36,38). The van der Waals surface area contributed by atoms with Crippen molar-refractivity contribution < 1.29 is 33.4 Å². The second kappa shape index (κ2) is 14.8. The molecule has 0 spiro atoms. The van der Waals surface area contributed by atoms with Crippen molar-refractivity contribution in [2.75, 3.05) is 23.8 Å². The van der Waals surface area contributed by atoms with E-state index in [9.17, 15) is 19.2 Å². The maximum absolute atomic E-state index is 13.4. The Morgan fingerprint density at radius 3 is 1.58 bits per heavy atom. The molecule has 218 valence electrons. The fraction of sp³-hybridized carbons (Fsp3) is 0.118. The zero-order valence-electron chi connectivity index (χ0n) is 23.7. The van der Waals surface area contributed by atoms with Gasteiger partial charge < -0.3 is 24.8 Å². The van der Waals surface area contributed by atoms with Gasteiger partial charge in [0.25, 0.3) is 11.8 Å². The van der Waals surface area contributed by atoms with E-state index in [2.05, 4.69) is 10.6 Å². The molecular formula is C34H30N2O7. The zero-order valence-corrected chi connectivity index (χ0v) is 23.7. The van der Waals surface area contributed by atoms with Gasteiger partial charge in [-0.1, -0.05) is 30.3 Å². The highest BCUT2D eigenvalue weighted by atomic mass is 16.5. The molecule has 0 unspecified atom stereocenters. The monoisotopic (exact) mass is 578 g/mol. The topological polar surface area (TPSA) is 120 Å². The summed E-state index contributed by atoms with van der Waals surface area (Å²) in [6, 6.07) is 28.4. The summed E-state index contributed by atoms with van der Waals surface area (Å²) in [4.78, 5) is 50.8. The minimum atomic E-state index is -0.682. The van der Waals surface area contributed by atoms with Gasteiger partial charge in [-0.05, 0) is 98.3 Å². The molecule has 2 amide bonds. The van der Waals surface area contributed by atoms with Crippen LogP contribution in [0.2, 0.25) is 0 Å². The third-order valence-electron chi connectivity index (χ3n) is 5.95. The molecule has 0 bridgehead atoms. The summed E-state index contributed by atoms with van der Waals surface area (Å²) >= 11 is 0. The van der Waals surface area contributed by atoms with Crippen molar-refractivity contribution >= 4 is 41.2 Å². The van der Waals surface area contributed by atoms with Crippen molar-refractivity contribution in [2.24, 2.45) is 0 Å². The summed E-state index contributed by atoms with van der Waals surface area (Å²) in [5.41, 5.74) is 1.75. The molecule has 4 rings (SSSR count). The number of nitrogens with one attached hydrogen (secondary N) is 2. The van der Waals surface area contributed by atoms with Crippen molar-refractivity contribution in [3.05, 3.63) is 125 Å². The molecule has 0 radical (unpaired) electrons. The van der Waals surface area contributed by atoms with Gasteiger partial charge in [0.05, 0.1) is 24.3 Å². The molecular weight excluding hydrogens is 548 g/mol. The van der Waals surface area contributed by atoms with Crippen molar-refractivity contribution in [1.29, 1.82) is 0 Å². The first-order valence-electron chi connectivity index (χ1n) is 13.6. The molecule has 9 nitrogen and oxygen atoms in total. The molecule has 0 aliphatic carbocycles. The maximum atomic E-state index is 13.4. The number of ether oxygens (including phenoxy) is 3. The molecule has 0 aliphatic heterocycles. The fourth-order valence-electron chi connectivity index (χ4n) is 3.90. The normalized spacial score (nSPS) is 10.2. The highest BCUT2D eigenvalue weighted by Crippen LogP contribution is 2.24. The lowest BCUT2D eigenvalue weighted by molar-refractivity contribution is -0.118. The Morgan fingerprint density at radius 2 is 1.09 bits per heavy atom. The van der Waals surface area contributed by atoms with Crippen molar-refractivity contribution in [1.82, 2.24) is 0 Å². The minimum absolute atomic E-state index is 0.194. The van der Waals surface area contributed by atoms with E-state index in [0.29, 0.717) is 39.6 Å². The van der Waals surface area contributed by atoms with Gasteiger partial charge in [0, 0.05) is 11.4 Å². The molecule has 0 fully saturated rings. The third kappa shape index (κ3) is 8.64. The Morgan fingerprint density at radius 1 is 0.605 bits per heavy atom. The van der Waals surface area contributed by atoms with E-state index in [1.54, 1.807) is 62.4 Å². The molecule has 4 aromatic carbocycles. The summed E-state index contributed by atoms with van der Waals surface area (Å²) in [6.07, 6.45) is 1.45. The number of anilines is 2. The Labute approximate surface area is 249 Å². The van der Waals surface area contributed by atoms with Crippen LogP contribution in [0.1, 0.15) is 40.1 Å². The summed E-state index contributed by atoms with van der Waals surface area (Å²) in [5.74, 6) is -1.17. The first kappa shape index (κ1) is 30.3. The van der Waals surface area contributed by atoms with Crippen LogP contribution in [0, 0.1) is 0 Å². The van der Waals surface area contributed by atoms with Gasteiger partial charge in [-0.25, -0.2) is 9.59 Å². The van der Waals surface area contributed by atoms with Crippen LogP contribution in [-0.2, 0) is 19.1 Å². The van der Waals surface area contributed by atoms with Gasteiger partial charge in [0.1, 0.15) is 17.1 Å². The molecule has 0 atom stereocenters. The summed E-state index contributed by atoms with van der Waals surface area (Å²) in [7, 11) is 0. The lowest BCUT2D eigenvalue weighted by atomic mass is 10.1. The Hall–Kier alpha value is -5.70. The second-order valence-corrected chi connectivity index (χ2v) is 9.05. The van der Waals surface area contributed by atoms with E-state index >= 15 is 0 Å². The Balaban J connectivity index is 1.59. The van der Waals surface area contributed by atoms with Crippen LogP contribution in [-0.4, -0.2) is 37.0 Å². The number of esters is 2. The lowest BCUT2D eigenvalue weighted by Crippen LogP contribution is -2.25. The molecule has 4 aromatic rings. The SMILES string of the molecule is CCOC(=O)c1ccc(NC(=O)C(=Cc2cccc(Oc3ccccc3)c2)C(=O)Nc2ccc(C(=O)OCC)cc2)cc1. The second-order valence-electron chi connectivity index (χ2n) is 9.05. The molecule has 43 heavy (non-hydrogen) atoms. The lowest BCUT2D eigenvalue weighted by Gasteiger charge is -2.12. The van der Waals surface area contributed by atoms with E-state index in [-0.39, 0.29) is 18.8 Å². The van der Waals surface area contributed by atoms with Crippen LogP contribution in [0.25, 0.3) is 6.08 Å². The van der Waals surface area contributed by atoms with Gasteiger partial charge in [-0.2, -0.15) is 0 Å². The van der Waals surface area contributed by atoms with Crippen molar-refractivity contribution in [3.63, 3.8) is 0 Å². The third-order valence-corrected chi connectivity index (χ3v) is 5.95. The molecule has 0 heterocycles. The average Bonchev–Trinajstić information content (AvgIpc) is 3.01. The Bertz CT molecular complexity index is 1540. The maximum Gasteiger partial charge on any atom is 0.338 e. The fourth-order valence-corrected chi connectivity index (χ4v) is 3.90. The van der Waals surface area contributed by atoms with E-state index in [1.165, 1.54) is 30.3 Å². The summed E-state index contributed by atoms with van der Waals surface area (Å²) in [6.45, 7) is 3.90. The predicted octanol–water partition coefficient (Wildman–Crippen LogP) is 6.49. The summed E-state index contributed by atoms with van der Waals surface area (Å²) in [5, 5.41) is 5.41. The number of para-hydroxylation sites is 1. The largest absolute Gasteiger partial charge is 0.462 e. The molecule has 0 aromatic heterocycles. The van der Waals surface area contributed by atoms with Crippen LogP contribution in [0.5, 0.6) is 11.5 Å². The van der Waals surface area contributed by atoms with E-state index in [1.807, 2.05) is 30.3 Å². The molecule has 0 saturated heterocycles. The highest BCUT2D eigenvalue weighted by Gasteiger charge is 2.20. The number of carbonyl (C=O) groups excluding carboxylic acids is 4.